The lowest BCUT2D eigenvalue weighted by Gasteiger charge is -2.30. The number of phenols is 2. The van der Waals surface area contributed by atoms with Crippen LogP contribution in [0.15, 0.2) is 60.7 Å². The zero-order valence-corrected chi connectivity index (χ0v) is 50.0. The molecule has 6 aliphatic heterocycles. The average molecular weight is 1170 g/mol. The number of hydrogen-bond acceptors (Lipinski definition) is 14. The lowest BCUT2D eigenvalue weighted by Crippen LogP contribution is -2.38. The molecule has 4 aromatic carbocycles. The van der Waals surface area contributed by atoms with Crippen molar-refractivity contribution in [1.29, 1.82) is 0 Å². The molecule has 0 bridgehead atoms. The standard InChI is InChI=1S/C33H36F2N4O3.C28H27F2N3O3.C4H9N.C2H6/c1-3-23-25(34)11-10-19-14-22(40)15-24(28(19)23)31-30(35)32-29-26(16-27(36-32)41-17-20-9-7-12-38(20)2)39-13-6-4-5-8-21(39)18-42-33(29)37-31;1-3-18-20(29)9-8-15-11-17(34)12-19(23(15)18)26-25(30)27-24-21(13-22(31-27)35-2)33-10-6-4-5-7-16(33)14-36-28(24)32-26;1-5-3-2-4-5;1-2/h10-11,14-16,20-21,40H,3-9,12-13,17-18H2,1-2H3;8-9,11-13,16,34H,3-7,10,14H2,1-2H3;2-4H2,1H3;1-2H3. The van der Waals surface area contributed by atoms with Gasteiger partial charge in [-0.25, -0.2) is 37.5 Å². The summed E-state index contributed by atoms with van der Waals surface area (Å²) in [5.41, 5.74) is 3.23. The van der Waals surface area contributed by atoms with Crippen LogP contribution in [-0.2, 0) is 12.8 Å². The maximum atomic E-state index is 16.9. The number of likely N-dealkylation sites (N-methyl/N-ethyl adjacent to an activating group) is 1. The Morgan fingerprint density at radius 3 is 1.47 bits per heavy atom. The molecule has 450 valence electrons. The summed E-state index contributed by atoms with van der Waals surface area (Å²) in [5.74, 6) is -0.953. The van der Waals surface area contributed by atoms with Crippen molar-refractivity contribution in [1.82, 2.24) is 29.7 Å². The van der Waals surface area contributed by atoms with Crippen molar-refractivity contribution in [2.75, 3.05) is 83.5 Å². The Balaban J connectivity index is 0.000000161. The molecule has 18 heteroatoms. The van der Waals surface area contributed by atoms with E-state index < -0.39 is 11.6 Å². The highest BCUT2D eigenvalue weighted by Crippen LogP contribution is 2.48. The molecule has 3 unspecified atom stereocenters. The fourth-order valence-electron chi connectivity index (χ4n) is 13.2. The SMILES string of the molecule is CC.CCc1c(F)ccc2cc(O)cc(-c3nc4c5c(cc(OC)nc5c3F)N3CCCCCC3CO4)c12.CCc1c(F)ccc2cc(O)cc(-c3nc4c5c(cc(OCC6CCCN6C)nc5c3F)N3CCCCCC3CO4)c12.CN1CCC1. The van der Waals surface area contributed by atoms with E-state index in [4.69, 9.17) is 28.9 Å². The van der Waals surface area contributed by atoms with Crippen LogP contribution < -0.4 is 28.7 Å². The summed E-state index contributed by atoms with van der Waals surface area (Å²) >= 11 is 0. The molecular formula is C67H78F4N8O6. The Morgan fingerprint density at radius 1 is 0.553 bits per heavy atom. The van der Waals surface area contributed by atoms with Crippen LogP contribution in [0.25, 0.3) is 65.9 Å². The average Bonchev–Trinajstić information content (AvgIpc) is 2.28. The minimum absolute atomic E-state index is 0.0260. The first kappa shape index (κ1) is 59.3. The van der Waals surface area contributed by atoms with Gasteiger partial charge in [0.25, 0.3) is 0 Å². The number of halogens is 4. The molecular weight excluding hydrogens is 1090 g/mol. The van der Waals surface area contributed by atoms with Gasteiger partial charge in [0, 0.05) is 42.4 Å². The normalized spacial score (nSPS) is 19.3. The maximum Gasteiger partial charge on any atom is 0.225 e. The van der Waals surface area contributed by atoms with E-state index in [0.29, 0.717) is 105 Å². The third kappa shape index (κ3) is 11.6. The van der Waals surface area contributed by atoms with Crippen molar-refractivity contribution < 1.29 is 46.7 Å². The van der Waals surface area contributed by atoms with E-state index in [-0.39, 0.29) is 69.6 Å². The Hall–Kier alpha value is -7.44. The summed E-state index contributed by atoms with van der Waals surface area (Å²) in [5, 5.41) is 24.4. The lowest BCUT2D eigenvalue weighted by atomic mass is 9.94. The molecule has 8 aromatic rings. The van der Waals surface area contributed by atoms with Crippen molar-refractivity contribution in [3.05, 3.63) is 95.1 Å². The van der Waals surface area contributed by atoms with Crippen LogP contribution in [0, 0.1) is 23.3 Å². The van der Waals surface area contributed by atoms with Crippen molar-refractivity contribution in [3.63, 3.8) is 0 Å². The van der Waals surface area contributed by atoms with Gasteiger partial charge in [0.05, 0.1) is 41.3 Å². The molecule has 14 nitrogen and oxygen atoms in total. The maximum absolute atomic E-state index is 16.9. The summed E-state index contributed by atoms with van der Waals surface area (Å²) < 4.78 is 87.3. The Kier molecular flexibility index (Phi) is 17.9. The van der Waals surface area contributed by atoms with Crippen molar-refractivity contribution >= 4 is 54.7 Å². The zero-order valence-electron chi connectivity index (χ0n) is 50.0. The van der Waals surface area contributed by atoms with E-state index in [2.05, 4.69) is 43.7 Å². The molecule has 10 heterocycles. The first-order valence-electron chi connectivity index (χ1n) is 30.6. The van der Waals surface area contributed by atoms with Crippen LogP contribution >= 0.6 is 0 Å². The fourth-order valence-corrected chi connectivity index (χ4v) is 13.2. The van der Waals surface area contributed by atoms with Gasteiger partial charge in [-0.1, -0.05) is 65.5 Å². The van der Waals surface area contributed by atoms with Crippen LogP contribution in [0.5, 0.6) is 35.0 Å². The van der Waals surface area contributed by atoms with E-state index in [1.54, 1.807) is 24.3 Å². The monoisotopic (exact) mass is 1170 g/mol. The summed E-state index contributed by atoms with van der Waals surface area (Å²) in [4.78, 5) is 27.8. The van der Waals surface area contributed by atoms with Crippen LogP contribution in [0.1, 0.15) is 109 Å². The molecule has 0 radical (unpaired) electrons. The number of rotatable bonds is 8. The Labute approximate surface area is 494 Å². The largest absolute Gasteiger partial charge is 0.508 e. The second-order valence-electron chi connectivity index (χ2n) is 23.0. The number of aromatic hydroxyl groups is 2. The number of phenolic OH excluding ortho intramolecular Hbond substituents is 2. The number of fused-ring (bicyclic) bond motifs is 6. The first-order chi connectivity index (χ1) is 41.3. The van der Waals surface area contributed by atoms with E-state index >= 15 is 8.78 Å². The van der Waals surface area contributed by atoms with Crippen LogP contribution in [0.4, 0.5) is 28.9 Å². The molecule has 85 heavy (non-hydrogen) atoms. The minimum Gasteiger partial charge on any atom is -0.508 e. The van der Waals surface area contributed by atoms with Gasteiger partial charge in [-0.05, 0) is 161 Å². The zero-order chi connectivity index (χ0) is 59.6. The highest BCUT2D eigenvalue weighted by Gasteiger charge is 2.35. The molecule has 0 amide bonds. The lowest BCUT2D eigenvalue weighted by molar-refractivity contribution is 0.193. The molecule has 6 aliphatic rings. The van der Waals surface area contributed by atoms with Crippen molar-refractivity contribution in [3.8, 4) is 57.5 Å². The summed E-state index contributed by atoms with van der Waals surface area (Å²) in [6, 6.07) is 16.2. The van der Waals surface area contributed by atoms with Gasteiger partial charge >= 0.3 is 0 Å². The Morgan fingerprint density at radius 2 is 1.04 bits per heavy atom. The van der Waals surface area contributed by atoms with E-state index in [1.165, 1.54) is 50.9 Å². The second kappa shape index (κ2) is 25.6. The number of aryl methyl sites for hydroxylation is 2. The number of nitrogens with zero attached hydrogens (tertiary/aromatic N) is 8. The van der Waals surface area contributed by atoms with Crippen LogP contribution in [0.3, 0.4) is 0 Å². The summed E-state index contributed by atoms with van der Waals surface area (Å²) in [6.07, 6.45) is 12.8. The smallest absolute Gasteiger partial charge is 0.225 e. The third-order valence-corrected chi connectivity index (χ3v) is 17.7. The molecule has 2 N–H and O–H groups in total. The molecule has 4 fully saturated rings. The summed E-state index contributed by atoms with van der Waals surface area (Å²) in [7, 11) is 5.75. The molecule has 0 aliphatic carbocycles. The topological polar surface area (TPSA) is 142 Å². The number of methoxy groups -OCH3 is 1. The van der Waals surface area contributed by atoms with Gasteiger partial charge in [0.2, 0.25) is 23.5 Å². The molecule has 14 rings (SSSR count). The van der Waals surface area contributed by atoms with Crippen molar-refractivity contribution in [2.24, 2.45) is 0 Å². The number of benzene rings is 4. The van der Waals surface area contributed by atoms with E-state index in [0.717, 1.165) is 95.2 Å². The van der Waals surface area contributed by atoms with Gasteiger partial charge in [0.15, 0.2) is 11.6 Å². The quantitative estimate of drug-likeness (QED) is 0.139. The Bertz CT molecular complexity index is 3770. The van der Waals surface area contributed by atoms with Crippen LogP contribution in [-0.4, -0.2) is 132 Å². The molecule has 4 aromatic heterocycles. The first-order valence-corrected chi connectivity index (χ1v) is 30.6. The second-order valence-corrected chi connectivity index (χ2v) is 23.0. The van der Waals surface area contributed by atoms with Gasteiger partial charge in [-0.3, -0.25) is 0 Å². The number of anilines is 2. The van der Waals surface area contributed by atoms with E-state index in [9.17, 15) is 19.0 Å². The minimum atomic E-state index is -0.663. The highest BCUT2D eigenvalue weighted by atomic mass is 19.1. The molecule has 0 saturated carbocycles. The van der Waals surface area contributed by atoms with Gasteiger partial charge in [-0.15, -0.1) is 0 Å². The number of ether oxygens (including phenoxy) is 4. The molecule has 4 saturated heterocycles. The number of hydrogen-bond donors (Lipinski definition) is 2. The molecule has 0 spiro atoms. The van der Waals surface area contributed by atoms with Crippen molar-refractivity contribution in [2.45, 2.75) is 129 Å². The predicted molar refractivity (Wildman–Crippen MR) is 328 cm³/mol. The van der Waals surface area contributed by atoms with Gasteiger partial charge in [-0.2, -0.15) is 0 Å². The van der Waals surface area contributed by atoms with Gasteiger partial charge < -0.3 is 48.8 Å². The third-order valence-electron chi connectivity index (χ3n) is 17.7. The number of aromatic nitrogens is 4. The fraction of sp³-hybridized carbons (Fsp3) is 0.463. The van der Waals surface area contributed by atoms with E-state index in [1.807, 2.05) is 39.8 Å². The molecule has 3 atom stereocenters. The predicted octanol–water partition coefficient (Wildman–Crippen LogP) is 14.1. The van der Waals surface area contributed by atoms with Crippen LogP contribution in [0.2, 0.25) is 0 Å². The highest BCUT2D eigenvalue weighted by molar-refractivity contribution is 6.06. The number of pyridine rings is 4. The summed E-state index contributed by atoms with van der Waals surface area (Å²) in [6.45, 7) is 14.3. The van der Waals surface area contributed by atoms with Gasteiger partial charge in [0.1, 0.15) is 65.4 Å². The number of likely N-dealkylation sites (tertiary alicyclic amines) is 2.